The number of rotatable bonds is 7. The molecule has 0 N–H and O–H groups in total. The summed E-state index contributed by atoms with van der Waals surface area (Å²) in [6, 6.07) is 17.6. The molecule has 0 unspecified atom stereocenters. The van der Waals surface area contributed by atoms with Crippen LogP contribution in [0.5, 0.6) is 0 Å². The molecule has 204 valence electrons. The second-order valence-corrected chi connectivity index (χ2v) is 10.2. The molecule has 40 heavy (non-hydrogen) atoms. The van der Waals surface area contributed by atoms with Gasteiger partial charge < -0.3 is 13.9 Å². The number of carbonyl (C=O) groups excluding carboxylic acids is 2. The van der Waals surface area contributed by atoms with Crippen LogP contribution in [0.2, 0.25) is 0 Å². The molecule has 1 aliphatic heterocycles. The molecule has 0 bridgehead atoms. The predicted octanol–water partition coefficient (Wildman–Crippen LogP) is 4.54. The van der Waals surface area contributed by atoms with E-state index in [0.29, 0.717) is 43.3 Å². The Morgan fingerprint density at radius 1 is 1.00 bits per heavy atom. The number of aryl methyl sites for hydroxylation is 1. The number of thiazole rings is 1. The zero-order valence-electron chi connectivity index (χ0n) is 22.6. The Morgan fingerprint density at radius 2 is 1.73 bits per heavy atom. The van der Waals surface area contributed by atoms with E-state index >= 15 is 0 Å². The largest absolute Gasteiger partial charge is 0.463 e. The van der Waals surface area contributed by atoms with Crippen molar-refractivity contribution in [3.8, 4) is 11.3 Å². The van der Waals surface area contributed by atoms with Crippen molar-refractivity contribution in [1.82, 2.24) is 4.57 Å². The van der Waals surface area contributed by atoms with E-state index < -0.39 is 18.0 Å². The molecule has 1 atom stereocenters. The van der Waals surface area contributed by atoms with Crippen LogP contribution < -0.4 is 14.9 Å². The lowest BCUT2D eigenvalue weighted by Gasteiger charge is -2.24. The first kappa shape index (κ1) is 27.1. The third-order valence-corrected chi connectivity index (χ3v) is 7.45. The Kier molecular flexibility index (Phi) is 7.66. The normalized spacial score (nSPS) is 15.0. The molecule has 9 heteroatoms. The highest BCUT2D eigenvalue weighted by Crippen LogP contribution is 2.31. The molecule has 8 nitrogen and oxygen atoms in total. The maximum absolute atomic E-state index is 13.8. The van der Waals surface area contributed by atoms with Crippen molar-refractivity contribution in [3.05, 3.63) is 114 Å². The monoisotopic (exact) mass is 556 g/mol. The molecule has 1 aliphatic rings. The predicted molar refractivity (Wildman–Crippen MR) is 152 cm³/mol. The lowest BCUT2D eigenvalue weighted by atomic mass is 9.95. The SMILES string of the molecule is CCOC(=O)C1=C(C)N=c2s/c(=C/c3ccc(-c4cccc(C(=O)OCC)c4)o3)c(=O)n2[C@H]1c1ccc(C)cc1. The van der Waals surface area contributed by atoms with E-state index in [9.17, 15) is 14.4 Å². The molecule has 0 aliphatic carbocycles. The summed E-state index contributed by atoms with van der Waals surface area (Å²) in [7, 11) is 0. The van der Waals surface area contributed by atoms with Gasteiger partial charge in [-0.2, -0.15) is 0 Å². The highest BCUT2D eigenvalue weighted by molar-refractivity contribution is 7.07. The summed E-state index contributed by atoms with van der Waals surface area (Å²) in [5.74, 6) is 0.111. The topological polar surface area (TPSA) is 100 Å². The van der Waals surface area contributed by atoms with Gasteiger partial charge in [0.05, 0.1) is 40.6 Å². The molecule has 0 spiro atoms. The first-order chi connectivity index (χ1) is 19.3. The summed E-state index contributed by atoms with van der Waals surface area (Å²) in [6.45, 7) is 7.74. The van der Waals surface area contributed by atoms with E-state index in [1.54, 1.807) is 61.7 Å². The van der Waals surface area contributed by atoms with Gasteiger partial charge in [-0.05, 0) is 57.5 Å². The fourth-order valence-corrected chi connectivity index (χ4v) is 5.61. The minimum atomic E-state index is -0.671. The van der Waals surface area contributed by atoms with Gasteiger partial charge in [0.1, 0.15) is 11.5 Å². The van der Waals surface area contributed by atoms with Crippen LogP contribution in [-0.4, -0.2) is 29.7 Å². The number of aromatic nitrogens is 1. The van der Waals surface area contributed by atoms with Crippen molar-refractivity contribution in [1.29, 1.82) is 0 Å². The average molecular weight is 557 g/mol. The standard InChI is InChI=1S/C31H28N2O6S/c1-5-37-29(35)22-9-7-8-21(16-22)24-15-14-23(39-24)17-25-28(34)33-27(20-12-10-18(3)11-13-20)26(30(36)38-6-2)19(4)32-31(33)40-25/h7-17,27H,5-6H2,1-4H3/b25-17+/t27-/m0/s1. The van der Waals surface area contributed by atoms with Crippen molar-refractivity contribution >= 4 is 29.4 Å². The van der Waals surface area contributed by atoms with Crippen LogP contribution in [0, 0.1) is 6.92 Å². The van der Waals surface area contributed by atoms with Crippen molar-refractivity contribution in [2.75, 3.05) is 13.2 Å². The smallest absolute Gasteiger partial charge is 0.338 e. The van der Waals surface area contributed by atoms with Gasteiger partial charge in [0, 0.05) is 11.6 Å². The number of furan rings is 1. The van der Waals surface area contributed by atoms with Gasteiger partial charge in [-0.25, -0.2) is 14.6 Å². The fourth-order valence-electron chi connectivity index (χ4n) is 4.58. The summed E-state index contributed by atoms with van der Waals surface area (Å²) >= 11 is 1.23. The van der Waals surface area contributed by atoms with Crippen LogP contribution in [0.25, 0.3) is 17.4 Å². The summed E-state index contributed by atoms with van der Waals surface area (Å²) in [5, 5.41) is 0. The van der Waals surface area contributed by atoms with Gasteiger partial charge >= 0.3 is 11.9 Å². The first-order valence-corrected chi connectivity index (χ1v) is 13.8. The minimum absolute atomic E-state index is 0.212. The molecule has 5 rings (SSSR count). The van der Waals surface area contributed by atoms with E-state index in [1.165, 1.54) is 11.3 Å². The molecule has 2 aromatic heterocycles. The van der Waals surface area contributed by atoms with E-state index in [1.807, 2.05) is 37.3 Å². The fraction of sp³-hybridized carbons (Fsp3) is 0.226. The molecule has 4 aromatic rings. The summed E-state index contributed by atoms with van der Waals surface area (Å²) in [6.07, 6.45) is 1.66. The molecule has 0 fully saturated rings. The zero-order valence-corrected chi connectivity index (χ0v) is 23.4. The number of esters is 2. The van der Waals surface area contributed by atoms with Crippen molar-refractivity contribution in [2.45, 2.75) is 33.7 Å². The third kappa shape index (κ3) is 5.20. The maximum Gasteiger partial charge on any atom is 0.338 e. The molecule has 2 aromatic carbocycles. The van der Waals surface area contributed by atoms with Crippen LogP contribution in [-0.2, 0) is 14.3 Å². The first-order valence-electron chi connectivity index (χ1n) is 12.9. The summed E-state index contributed by atoms with van der Waals surface area (Å²) < 4.78 is 18.4. The summed E-state index contributed by atoms with van der Waals surface area (Å²) in [5.41, 5.74) is 3.56. The number of hydrogen-bond donors (Lipinski definition) is 0. The van der Waals surface area contributed by atoms with E-state index in [-0.39, 0.29) is 18.8 Å². The van der Waals surface area contributed by atoms with Crippen LogP contribution in [0.1, 0.15) is 54.1 Å². The Labute approximate surface area is 234 Å². The van der Waals surface area contributed by atoms with Gasteiger partial charge in [-0.1, -0.05) is 53.3 Å². The van der Waals surface area contributed by atoms with Crippen molar-refractivity contribution in [2.24, 2.45) is 4.99 Å². The zero-order chi connectivity index (χ0) is 28.4. The van der Waals surface area contributed by atoms with Gasteiger partial charge in [-0.3, -0.25) is 9.36 Å². The molecular weight excluding hydrogens is 528 g/mol. The van der Waals surface area contributed by atoms with Crippen LogP contribution in [0.4, 0.5) is 0 Å². The summed E-state index contributed by atoms with van der Waals surface area (Å²) in [4.78, 5) is 44.0. The van der Waals surface area contributed by atoms with Gasteiger partial charge in [0.25, 0.3) is 5.56 Å². The highest BCUT2D eigenvalue weighted by Gasteiger charge is 2.33. The lowest BCUT2D eigenvalue weighted by molar-refractivity contribution is -0.139. The number of nitrogens with zero attached hydrogens (tertiary/aromatic N) is 2. The van der Waals surface area contributed by atoms with Gasteiger partial charge in [0.2, 0.25) is 0 Å². The maximum atomic E-state index is 13.8. The number of ether oxygens (including phenoxy) is 2. The Bertz CT molecular complexity index is 1810. The number of benzene rings is 2. The molecule has 0 saturated carbocycles. The highest BCUT2D eigenvalue weighted by atomic mass is 32.1. The number of carbonyl (C=O) groups is 2. The Balaban J connectivity index is 1.57. The van der Waals surface area contributed by atoms with E-state index in [4.69, 9.17) is 13.9 Å². The number of hydrogen-bond acceptors (Lipinski definition) is 8. The minimum Gasteiger partial charge on any atom is -0.463 e. The molecule has 0 saturated heterocycles. The Morgan fingerprint density at radius 3 is 2.45 bits per heavy atom. The van der Waals surface area contributed by atoms with Gasteiger partial charge in [0.15, 0.2) is 4.80 Å². The molecular formula is C31H28N2O6S. The Hall–Kier alpha value is -4.50. The molecule has 0 amide bonds. The third-order valence-electron chi connectivity index (χ3n) is 6.47. The quantitative estimate of drug-likeness (QED) is 0.310. The molecule has 3 heterocycles. The van der Waals surface area contributed by atoms with Crippen LogP contribution in [0.3, 0.4) is 0 Å². The van der Waals surface area contributed by atoms with Crippen molar-refractivity contribution in [3.63, 3.8) is 0 Å². The number of fused-ring (bicyclic) bond motifs is 1. The van der Waals surface area contributed by atoms with Gasteiger partial charge in [-0.15, -0.1) is 0 Å². The van der Waals surface area contributed by atoms with E-state index in [0.717, 1.165) is 11.1 Å². The number of allylic oxidation sites excluding steroid dienone is 1. The van der Waals surface area contributed by atoms with E-state index in [2.05, 4.69) is 4.99 Å². The second-order valence-electron chi connectivity index (χ2n) is 9.22. The van der Waals surface area contributed by atoms with Crippen molar-refractivity contribution < 1.29 is 23.5 Å². The average Bonchev–Trinajstić information content (AvgIpc) is 3.53. The second kappa shape index (κ2) is 11.3. The lowest BCUT2D eigenvalue weighted by Crippen LogP contribution is -2.39. The molecule has 0 radical (unpaired) electrons. The van der Waals surface area contributed by atoms with Crippen LogP contribution >= 0.6 is 11.3 Å². The van der Waals surface area contributed by atoms with Crippen LogP contribution in [0.15, 0.2) is 86.1 Å².